The van der Waals surface area contributed by atoms with E-state index in [4.69, 9.17) is 10.7 Å². The molecule has 0 aromatic rings. The number of hydrogen-bond acceptors (Lipinski definition) is 4. The maximum atomic E-state index is 11.0. The molecule has 4 nitrogen and oxygen atoms in total. The number of allylic oxidation sites excluding steroid dienone is 2. The molecular weight excluding hydrogens is 228 g/mol. The van der Waals surface area contributed by atoms with E-state index in [-0.39, 0.29) is 5.92 Å². The fourth-order valence-corrected chi connectivity index (χ4v) is 2.69. The van der Waals surface area contributed by atoms with Gasteiger partial charge in [-0.2, -0.15) is 5.90 Å². The third-order valence-electron chi connectivity index (χ3n) is 3.76. The van der Waals surface area contributed by atoms with Crippen LogP contribution in [0.1, 0.15) is 33.1 Å². The van der Waals surface area contributed by atoms with Crippen LogP contribution in [0.15, 0.2) is 23.5 Å². The molecule has 2 atom stereocenters. The highest BCUT2D eigenvalue weighted by Crippen LogP contribution is 2.35. The van der Waals surface area contributed by atoms with Gasteiger partial charge in [-0.3, -0.25) is 0 Å². The van der Waals surface area contributed by atoms with Gasteiger partial charge in [-0.25, -0.2) is 0 Å². The first-order valence-corrected chi connectivity index (χ1v) is 6.59. The van der Waals surface area contributed by atoms with Crippen LogP contribution in [-0.2, 0) is 4.84 Å². The van der Waals surface area contributed by atoms with Gasteiger partial charge in [-0.15, -0.1) is 0 Å². The predicted octanol–water partition coefficient (Wildman–Crippen LogP) is 1.82. The monoisotopic (exact) mass is 254 g/mol. The van der Waals surface area contributed by atoms with Crippen molar-refractivity contribution in [2.24, 2.45) is 11.8 Å². The third-order valence-corrected chi connectivity index (χ3v) is 3.76. The average molecular weight is 254 g/mol. The van der Waals surface area contributed by atoms with Crippen molar-refractivity contribution in [1.82, 2.24) is 4.90 Å². The van der Waals surface area contributed by atoms with Crippen molar-refractivity contribution in [3.63, 3.8) is 0 Å². The standard InChI is InChI=1S/C14H26N2O2/c1-5-14(17,11(2)10-16(3)4)12-7-6-8-13(9-12)18-15/h8-9,11,17H,5-7,10,15H2,1-4H3/t11-,14-/m1/s1. The Morgan fingerprint density at radius 2 is 2.22 bits per heavy atom. The molecule has 18 heavy (non-hydrogen) atoms. The van der Waals surface area contributed by atoms with Crippen LogP contribution < -0.4 is 5.90 Å². The number of hydrogen-bond donors (Lipinski definition) is 2. The second-order valence-electron chi connectivity index (χ2n) is 5.37. The van der Waals surface area contributed by atoms with Gasteiger partial charge in [-0.1, -0.05) is 13.8 Å². The van der Waals surface area contributed by atoms with Gasteiger partial charge in [0.25, 0.3) is 0 Å². The summed E-state index contributed by atoms with van der Waals surface area (Å²) in [6.07, 6.45) is 6.28. The van der Waals surface area contributed by atoms with Crippen molar-refractivity contribution < 1.29 is 9.94 Å². The van der Waals surface area contributed by atoms with Crippen LogP contribution in [0.25, 0.3) is 0 Å². The highest BCUT2D eigenvalue weighted by Gasteiger charge is 2.36. The van der Waals surface area contributed by atoms with Crippen LogP contribution in [0.2, 0.25) is 0 Å². The van der Waals surface area contributed by atoms with E-state index in [9.17, 15) is 5.11 Å². The topological polar surface area (TPSA) is 58.7 Å². The van der Waals surface area contributed by atoms with Gasteiger partial charge in [0.05, 0.1) is 5.60 Å². The van der Waals surface area contributed by atoms with Crippen molar-refractivity contribution in [1.29, 1.82) is 0 Å². The smallest absolute Gasteiger partial charge is 0.142 e. The van der Waals surface area contributed by atoms with Gasteiger partial charge >= 0.3 is 0 Å². The molecule has 0 saturated carbocycles. The fraction of sp³-hybridized carbons (Fsp3) is 0.714. The predicted molar refractivity (Wildman–Crippen MR) is 73.6 cm³/mol. The first kappa shape index (κ1) is 15.2. The van der Waals surface area contributed by atoms with E-state index in [0.717, 1.165) is 25.0 Å². The van der Waals surface area contributed by atoms with Crippen LogP contribution in [-0.4, -0.2) is 36.2 Å². The van der Waals surface area contributed by atoms with Gasteiger partial charge in [-0.05, 0) is 51.1 Å². The molecule has 0 aliphatic heterocycles. The summed E-state index contributed by atoms with van der Waals surface area (Å²) >= 11 is 0. The number of nitrogens with two attached hydrogens (primary N) is 1. The molecule has 0 radical (unpaired) electrons. The Labute approximate surface area is 110 Å². The minimum absolute atomic E-state index is 0.167. The average Bonchev–Trinajstić information content (AvgIpc) is 2.37. The molecule has 0 bridgehead atoms. The van der Waals surface area contributed by atoms with E-state index in [0.29, 0.717) is 12.2 Å². The minimum atomic E-state index is -0.775. The summed E-state index contributed by atoms with van der Waals surface area (Å²) in [5.74, 6) is 6.02. The van der Waals surface area contributed by atoms with Gasteiger partial charge in [0.2, 0.25) is 0 Å². The van der Waals surface area contributed by atoms with Crippen LogP contribution in [0.5, 0.6) is 0 Å². The molecule has 1 rings (SSSR count). The lowest BCUT2D eigenvalue weighted by molar-refractivity contribution is 0.00665. The lowest BCUT2D eigenvalue weighted by atomic mass is 9.76. The summed E-state index contributed by atoms with van der Waals surface area (Å²) < 4.78 is 0. The Morgan fingerprint density at radius 1 is 1.56 bits per heavy atom. The number of rotatable bonds is 6. The largest absolute Gasteiger partial charge is 0.412 e. The fourth-order valence-electron chi connectivity index (χ4n) is 2.69. The third kappa shape index (κ3) is 3.34. The Kier molecular flexibility index (Phi) is 5.38. The van der Waals surface area contributed by atoms with Crippen molar-refractivity contribution in [2.45, 2.75) is 38.7 Å². The molecule has 0 unspecified atom stereocenters. The Morgan fingerprint density at radius 3 is 2.72 bits per heavy atom. The van der Waals surface area contributed by atoms with Crippen LogP contribution >= 0.6 is 0 Å². The van der Waals surface area contributed by atoms with Gasteiger partial charge in [0, 0.05) is 12.5 Å². The summed E-state index contributed by atoms with van der Waals surface area (Å²) in [5, 5.41) is 11.0. The highest BCUT2D eigenvalue weighted by atomic mass is 16.6. The molecule has 0 aromatic carbocycles. The maximum Gasteiger partial charge on any atom is 0.142 e. The zero-order valence-corrected chi connectivity index (χ0v) is 11.9. The van der Waals surface area contributed by atoms with Gasteiger partial charge in [0.15, 0.2) is 0 Å². The summed E-state index contributed by atoms with van der Waals surface area (Å²) in [6.45, 7) is 4.96. The van der Waals surface area contributed by atoms with E-state index in [2.05, 4.69) is 11.8 Å². The molecule has 0 aromatic heterocycles. The molecule has 3 N–H and O–H groups in total. The highest BCUT2D eigenvalue weighted by molar-refractivity contribution is 5.30. The van der Waals surface area contributed by atoms with E-state index < -0.39 is 5.60 Å². The van der Waals surface area contributed by atoms with Crippen LogP contribution in [0, 0.1) is 5.92 Å². The van der Waals surface area contributed by atoms with E-state index in [1.807, 2.05) is 33.2 Å². The molecular formula is C14H26N2O2. The van der Waals surface area contributed by atoms with Gasteiger partial charge in [0.1, 0.15) is 5.76 Å². The first-order chi connectivity index (χ1) is 8.43. The summed E-state index contributed by atoms with van der Waals surface area (Å²) in [6, 6.07) is 0. The molecule has 1 aliphatic rings. The quantitative estimate of drug-likeness (QED) is 0.710. The summed E-state index contributed by atoms with van der Waals surface area (Å²) in [7, 11) is 4.05. The minimum Gasteiger partial charge on any atom is -0.412 e. The Balaban J connectivity index is 2.93. The number of nitrogens with zero attached hydrogens (tertiary/aromatic N) is 1. The summed E-state index contributed by atoms with van der Waals surface area (Å²) in [4.78, 5) is 6.89. The van der Waals surface area contributed by atoms with Crippen LogP contribution in [0.4, 0.5) is 0 Å². The number of aliphatic hydroxyl groups is 1. The van der Waals surface area contributed by atoms with Crippen molar-refractivity contribution in [2.75, 3.05) is 20.6 Å². The zero-order chi connectivity index (χ0) is 13.8. The molecule has 0 amide bonds. The normalized spacial score (nSPS) is 21.1. The second kappa shape index (κ2) is 6.36. The Hall–Kier alpha value is -0.840. The lowest BCUT2D eigenvalue weighted by Gasteiger charge is -2.38. The lowest BCUT2D eigenvalue weighted by Crippen LogP contribution is -2.43. The molecule has 0 heterocycles. The first-order valence-electron chi connectivity index (χ1n) is 6.59. The van der Waals surface area contributed by atoms with Gasteiger partial charge < -0.3 is 14.8 Å². The van der Waals surface area contributed by atoms with Crippen molar-refractivity contribution in [3.8, 4) is 0 Å². The summed E-state index contributed by atoms with van der Waals surface area (Å²) in [5.41, 5.74) is 0.254. The zero-order valence-electron chi connectivity index (χ0n) is 11.9. The molecule has 104 valence electrons. The van der Waals surface area contributed by atoms with E-state index in [1.54, 1.807) is 0 Å². The molecule has 4 heteroatoms. The van der Waals surface area contributed by atoms with E-state index >= 15 is 0 Å². The molecule has 0 saturated heterocycles. The molecule has 1 aliphatic carbocycles. The van der Waals surface area contributed by atoms with Crippen molar-refractivity contribution in [3.05, 3.63) is 23.5 Å². The molecule has 0 fully saturated rings. The van der Waals surface area contributed by atoms with E-state index in [1.165, 1.54) is 0 Å². The van der Waals surface area contributed by atoms with Crippen LogP contribution in [0.3, 0.4) is 0 Å². The van der Waals surface area contributed by atoms with Crippen molar-refractivity contribution >= 4 is 0 Å². The maximum absolute atomic E-state index is 11.0. The Bertz CT molecular complexity index is 337. The molecule has 0 spiro atoms. The second-order valence-corrected chi connectivity index (χ2v) is 5.37. The SMILES string of the molecule is CC[C@](O)(C1=CC(ON)=CCC1)[C@H](C)CN(C)C.